The summed E-state index contributed by atoms with van der Waals surface area (Å²) < 4.78 is 5.01. The van der Waals surface area contributed by atoms with Gasteiger partial charge in [0.2, 0.25) is 0 Å². The summed E-state index contributed by atoms with van der Waals surface area (Å²) in [5.41, 5.74) is -0.315. The van der Waals surface area contributed by atoms with E-state index in [0.29, 0.717) is 5.75 Å². The molecule has 0 radical (unpaired) electrons. The predicted octanol–water partition coefficient (Wildman–Crippen LogP) is 1.25. The third-order valence-electron chi connectivity index (χ3n) is 1.91. The molecule has 16 heavy (non-hydrogen) atoms. The summed E-state index contributed by atoms with van der Waals surface area (Å²) in [6.45, 7) is 3.05. The fourth-order valence-corrected chi connectivity index (χ4v) is 1.18. The Morgan fingerprint density at radius 3 is 2.31 bits per heavy atom. The van der Waals surface area contributed by atoms with E-state index in [0.717, 1.165) is 5.56 Å². The number of carbonyl (C=O) groups is 1. The molecule has 0 amide bonds. The lowest BCUT2D eigenvalue weighted by atomic mass is 10.1. The summed E-state index contributed by atoms with van der Waals surface area (Å²) >= 11 is 0. The van der Waals surface area contributed by atoms with Gasteiger partial charge in [-0.3, -0.25) is 4.79 Å². The molecule has 0 fully saturated rings. The molecular weight excluding hydrogens is 208 g/mol. The van der Waals surface area contributed by atoms with Crippen LogP contribution in [0, 0.1) is 0 Å². The average molecular weight is 224 g/mol. The van der Waals surface area contributed by atoms with Gasteiger partial charge in [0, 0.05) is 0 Å². The molecule has 0 aliphatic carbocycles. The van der Waals surface area contributed by atoms with Crippen molar-refractivity contribution in [3.63, 3.8) is 0 Å². The van der Waals surface area contributed by atoms with Gasteiger partial charge in [-0.15, -0.1) is 0 Å². The van der Waals surface area contributed by atoms with E-state index in [1.165, 1.54) is 0 Å². The van der Waals surface area contributed by atoms with Crippen LogP contribution >= 0.6 is 0 Å². The lowest BCUT2D eigenvalue weighted by Crippen LogP contribution is -2.25. The molecule has 0 spiro atoms. The Balaban J connectivity index is 2.56. The normalized spacial score (nSPS) is 11.2. The standard InChI is InChI=1S/C12H16O4/c1-12(2,15)7-11(14)16-10-5-3-9(8-13)4-6-10/h3-6,13,15H,7-8H2,1-2H3. The van der Waals surface area contributed by atoms with Crippen molar-refractivity contribution in [2.24, 2.45) is 0 Å². The van der Waals surface area contributed by atoms with E-state index in [4.69, 9.17) is 9.84 Å². The summed E-state index contributed by atoms with van der Waals surface area (Å²) in [4.78, 5) is 11.4. The molecular formula is C12H16O4. The topological polar surface area (TPSA) is 66.8 Å². The molecule has 1 aromatic rings. The molecule has 1 rings (SSSR count). The van der Waals surface area contributed by atoms with Crippen molar-refractivity contribution in [1.29, 1.82) is 0 Å². The Morgan fingerprint density at radius 1 is 1.31 bits per heavy atom. The fourth-order valence-electron chi connectivity index (χ4n) is 1.18. The van der Waals surface area contributed by atoms with Crippen LogP contribution in [-0.2, 0) is 11.4 Å². The van der Waals surface area contributed by atoms with Gasteiger partial charge in [0.1, 0.15) is 5.75 Å². The summed E-state index contributed by atoms with van der Waals surface area (Å²) in [7, 11) is 0. The molecule has 88 valence electrons. The molecule has 0 aliphatic heterocycles. The second kappa shape index (κ2) is 5.09. The van der Waals surface area contributed by atoms with E-state index < -0.39 is 11.6 Å². The third-order valence-corrected chi connectivity index (χ3v) is 1.91. The lowest BCUT2D eigenvalue weighted by molar-refractivity contribution is -0.138. The minimum Gasteiger partial charge on any atom is -0.426 e. The highest BCUT2D eigenvalue weighted by molar-refractivity contribution is 5.73. The Hall–Kier alpha value is -1.39. The Labute approximate surface area is 94.5 Å². The zero-order valence-corrected chi connectivity index (χ0v) is 9.43. The van der Waals surface area contributed by atoms with Crippen LogP contribution in [0.4, 0.5) is 0 Å². The third kappa shape index (κ3) is 4.42. The molecule has 4 nitrogen and oxygen atoms in total. The number of hydrogen-bond donors (Lipinski definition) is 2. The Kier molecular flexibility index (Phi) is 4.04. The van der Waals surface area contributed by atoms with E-state index in [9.17, 15) is 9.90 Å². The van der Waals surface area contributed by atoms with E-state index >= 15 is 0 Å². The average Bonchev–Trinajstić information content (AvgIpc) is 2.16. The van der Waals surface area contributed by atoms with Crippen molar-refractivity contribution in [3.05, 3.63) is 29.8 Å². The van der Waals surface area contributed by atoms with Crippen LogP contribution in [0.15, 0.2) is 24.3 Å². The van der Waals surface area contributed by atoms with Gasteiger partial charge in [0.25, 0.3) is 0 Å². The fraction of sp³-hybridized carbons (Fsp3) is 0.417. The summed E-state index contributed by atoms with van der Waals surface area (Å²) in [6.07, 6.45) is -0.0608. The number of aliphatic hydroxyl groups is 2. The minimum absolute atomic E-state index is 0.0438. The zero-order chi connectivity index (χ0) is 12.2. The van der Waals surface area contributed by atoms with Gasteiger partial charge in [-0.25, -0.2) is 0 Å². The molecule has 0 saturated carbocycles. The van der Waals surface area contributed by atoms with Crippen LogP contribution in [0.3, 0.4) is 0 Å². The van der Waals surface area contributed by atoms with Crippen LogP contribution in [0.5, 0.6) is 5.75 Å². The van der Waals surface area contributed by atoms with Gasteiger partial charge in [0.05, 0.1) is 18.6 Å². The van der Waals surface area contributed by atoms with Crippen molar-refractivity contribution in [2.75, 3.05) is 0 Å². The number of hydrogen-bond acceptors (Lipinski definition) is 4. The van der Waals surface area contributed by atoms with Crippen molar-refractivity contribution in [3.8, 4) is 5.75 Å². The van der Waals surface area contributed by atoms with Crippen LogP contribution in [0.2, 0.25) is 0 Å². The van der Waals surface area contributed by atoms with Crippen LogP contribution in [-0.4, -0.2) is 21.8 Å². The summed E-state index contributed by atoms with van der Waals surface area (Å²) in [6, 6.07) is 6.56. The van der Waals surface area contributed by atoms with Crippen molar-refractivity contribution in [2.45, 2.75) is 32.5 Å². The van der Waals surface area contributed by atoms with E-state index in [-0.39, 0.29) is 13.0 Å². The SMILES string of the molecule is CC(C)(O)CC(=O)Oc1ccc(CO)cc1. The molecule has 1 aromatic carbocycles. The van der Waals surface area contributed by atoms with Gasteiger partial charge < -0.3 is 14.9 Å². The molecule has 0 atom stereocenters. The first-order valence-electron chi connectivity index (χ1n) is 5.03. The molecule has 4 heteroatoms. The molecule has 0 bridgehead atoms. The van der Waals surface area contributed by atoms with Crippen molar-refractivity contribution in [1.82, 2.24) is 0 Å². The highest BCUT2D eigenvalue weighted by atomic mass is 16.5. The van der Waals surface area contributed by atoms with Gasteiger partial charge in [-0.05, 0) is 31.5 Å². The number of carbonyl (C=O) groups excluding carboxylic acids is 1. The van der Waals surface area contributed by atoms with Crippen LogP contribution in [0.25, 0.3) is 0 Å². The Morgan fingerprint density at radius 2 is 1.88 bits per heavy atom. The second-order valence-corrected chi connectivity index (χ2v) is 4.27. The molecule has 0 saturated heterocycles. The van der Waals surface area contributed by atoms with Crippen LogP contribution < -0.4 is 4.74 Å². The van der Waals surface area contributed by atoms with Gasteiger partial charge >= 0.3 is 5.97 Å². The van der Waals surface area contributed by atoms with Crippen LogP contribution in [0.1, 0.15) is 25.8 Å². The number of ether oxygens (including phenoxy) is 1. The van der Waals surface area contributed by atoms with Crippen molar-refractivity contribution < 1.29 is 19.7 Å². The largest absolute Gasteiger partial charge is 0.426 e. The molecule has 0 unspecified atom stereocenters. The zero-order valence-electron chi connectivity index (χ0n) is 9.43. The maximum absolute atomic E-state index is 11.4. The molecule has 0 aromatic heterocycles. The minimum atomic E-state index is -1.07. The lowest BCUT2D eigenvalue weighted by Gasteiger charge is -2.15. The highest BCUT2D eigenvalue weighted by Crippen LogP contribution is 2.15. The monoisotopic (exact) mass is 224 g/mol. The first-order valence-corrected chi connectivity index (χ1v) is 5.03. The van der Waals surface area contributed by atoms with Gasteiger partial charge in [-0.1, -0.05) is 12.1 Å². The predicted molar refractivity (Wildman–Crippen MR) is 58.9 cm³/mol. The number of esters is 1. The molecule has 0 heterocycles. The van der Waals surface area contributed by atoms with E-state index in [1.807, 2.05) is 0 Å². The molecule has 2 N–H and O–H groups in total. The highest BCUT2D eigenvalue weighted by Gasteiger charge is 2.19. The first kappa shape index (κ1) is 12.7. The summed E-state index contributed by atoms with van der Waals surface area (Å²) in [5, 5.41) is 18.2. The van der Waals surface area contributed by atoms with E-state index in [2.05, 4.69) is 0 Å². The number of rotatable bonds is 4. The van der Waals surface area contributed by atoms with Gasteiger partial charge in [0.15, 0.2) is 0 Å². The number of benzene rings is 1. The van der Waals surface area contributed by atoms with E-state index in [1.54, 1.807) is 38.1 Å². The maximum atomic E-state index is 11.4. The Bertz CT molecular complexity index is 348. The smallest absolute Gasteiger partial charge is 0.314 e. The van der Waals surface area contributed by atoms with Crippen molar-refractivity contribution >= 4 is 5.97 Å². The second-order valence-electron chi connectivity index (χ2n) is 4.27. The van der Waals surface area contributed by atoms with Gasteiger partial charge in [-0.2, -0.15) is 0 Å². The number of aliphatic hydroxyl groups excluding tert-OH is 1. The first-order chi connectivity index (χ1) is 7.40. The molecule has 0 aliphatic rings. The maximum Gasteiger partial charge on any atom is 0.314 e. The summed E-state index contributed by atoms with van der Waals surface area (Å²) in [5.74, 6) is -0.0734. The quantitative estimate of drug-likeness (QED) is 0.596.